The fourth-order valence-corrected chi connectivity index (χ4v) is 3.63. The van der Waals surface area contributed by atoms with Gasteiger partial charge in [-0.25, -0.2) is 0 Å². The second-order valence-corrected chi connectivity index (χ2v) is 6.28. The highest BCUT2D eigenvalue weighted by Crippen LogP contribution is 2.42. The van der Waals surface area contributed by atoms with Crippen LogP contribution in [0.1, 0.15) is 23.1 Å². The molecule has 0 spiro atoms. The minimum atomic E-state index is -1.17. The molecule has 0 radical (unpaired) electrons. The normalized spacial score (nSPS) is 24.4. The van der Waals surface area contributed by atoms with Crippen molar-refractivity contribution < 1.29 is 24.3 Å². The van der Waals surface area contributed by atoms with E-state index in [4.69, 9.17) is 9.47 Å². The number of carbonyl (C=O) groups excluding carboxylic acids is 1. The molecule has 2 N–H and O–H groups in total. The number of nitrogens with zero attached hydrogens (tertiary/aromatic N) is 1. The molecule has 0 amide bonds. The van der Waals surface area contributed by atoms with Gasteiger partial charge in [0.1, 0.15) is 23.6 Å². The van der Waals surface area contributed by atoms with Crippen LogP contribution in [0.25, 0.3) is 0 Å². The predicted molar refractivity (Wildman–Crippen MR) is 96.3 cm³/mol. The van der Waals surface area contributed by atoms with E-state index in [1.54, 1.807) is 42.5 Å². The van der Waals surface area contributed by atoms with Crippen LogP contribution in [0.3, 0.4) is 0 Å². The molecule has 8 heteroatoms. The lowest BCUT2D eigenvalue weighted by atomic mass is 9.85. The first kappa shape index (κ1) is 18.7. The number of carbonyl (C=O) groups is 1. The van der Waals surface area contributed by atoms with E-state index in [9.17, 15) is 20.0 Å². The predicted octanol–water partition coefficient (Wildman–Crippen LogP) is 2.02. The quantitative estimate of drug-likeness (QED) is 0.469. The van der Waals surface area contributed by atoms with E-state index in [0.29, 0.717) is 16.9 Å². The number of phenolic OH excluding ortho intramolecular Hbond substituents is 1. The van der Waals surface area contributed by atoms with E-state index in [0.717, 1.165) is 0 Å². The molecule has 2 aromatic carbocycles. The Morgan fingerprint density at radius 2 is 1.81 bits per heavy atom. The summed E-state index contributed by atoms with van der Waals surface area (Å²) < 4.78 is 10.00. The van der Waals surface area contributed by atoms with Crippen molar-refractivity contribution in [1.82, 2.24) is 5.32 Å². The van der Waals surface area contributed by atoms with Crippen molar-refractivity contribution in [3.8, 4) is 11.5 Å². The van der Waals surface area contributed by atoms with Crippen molar-refractivity contribution in [1.29, 1.82) is 0 Å². The zero-order valence-electron chi connectivity index (χ0n) is 14.9. The lowest BCUT2D eigenvalue weighted by Gasteiger charge is -2.19. The maximum atomic E-state index is 12.4. The van der Waals surface area contributed by atoms with Gasteiger partial charge in [0.25, 0.3) is 0 Å². The van der Waals surface area contributed by atoms with E-state index >= 15 is 0 Å². The lowest BCUT2D eigenvalue weighted by Crippen LogP contribution is -2.37. The smallest absolute Gasteiger partial charge is 0.323 e. The van der Waals surface area contributed by atoms with Crippen LogP contribution in [0, 0.1) is 10.1 Å². The molecule has 8 nitrogen and oxygen atoms in total. The van der Waals surface area contributed by atoms with Crippen molar-refractivity contribution in [3.63, 3.8) is 0 Å². The number of nitro groups is 1. The van der Waals surface area contributed by atoms with Crippen molar-refractivity contribution in [3.05, 3.63) is 69.8 Å². The molecule has 0 saturated carbocycles. The Morgan fingerprint density at radius 3 is 2.37 bits per heavy atom. The van der Waals surface area contributed by atoms with Gasteiger partial charge in [0.05, 0.1) is 20.1 Å². The Bertz CT molecular complexity index is 838. The zero-order chi connectivity index (χ0) is 19.6. The van der Waals surface area contributed by atoms with Crippen LogP contribution < -0.4 is 10.1 Å². The first-order chi connectivity index (χ1) is 13.0. The van der Waals surface area contributed by atoms with Crippen LogP contribution in [0.5, 0.6) is 11.5 Å². The van der Waals surface area contributed by atoms with E-state index in [1.807, 2.05) is 0 Å². The zero-order valence-corrected chi connectivity index (χ0v) is 14.9. The van der Waals surface area contributed by atoms with Crippen LogP contribution in [0.2, 0.25) is 0 Å². The molecule has 1 fully saturated rings. The first-order valence-corrected chi connectivity index (χ1v) is 8.37. The van der Waals surface area contributed by atoms with Gasteiger partial charge in [0, 0.05) is 10.5 Å². The number of aromatic hydroxyl groups is 1. The molecule has 1 aliphatic rings. The van der Waals surface area contributed by atoms with E-state index < -0.39 is 34.9 Å². The Hall–Kier alpha value is -3.13. The largest absolute Gasteiger partial charge is 0.508 e. The second-order valence-electron chi connectivity index (χ2n) is 6.28. The summed E-state index contributed by atoms with van der Waals surface area (Å²) in [4.78, 5) is 23.9. The molecule has 0 bridgehead atoms. The Labute approximate surface area is 155 Å². The van der Waals surface area contributed by atoms with E-state index in [-0.39, 0.29) is 5.75 Å². The minimum absolute atomic E-state index is 0.0687. The van der Waals surface area contributed by atoms with E-state index in [1.165, 1.54) is 20.3 Å². The van der Waals surface area contributed by atoms with Crippen LogP contribution in [0.4, 0.5) is 0 Å². The molecule has 1 heterocycles. The summed E-state index contributed by atoms with van der Waals surface area (Å²) in [5.41, 5.74) is 0.974. The number of hydrogen-bond acceptors (Lipinski definition) is 7. The van der Waals surface area contributed by atoms with Gasteiger partial charge in [0.15, 0.2) is 0 Å². The SMILES string of the molecule is COC(=O)C1NC(c2ccccc2O)C([N+](=O)[O-])C1c1ccc(OC)cc1. The number of nitrogens with one attached hydrogen (secondary N) is 1. The highest BCUT2D eigenvalue weighted by Gasteiger charge is 2.55. The summed E-state index contributed by atoms with van der Waals surface area (Å²) in [5.74, 6) is -0.835. The summed E-state index contributed by atoms with van der Waals surface area (Å²) >= 11 is 0. The van der Waals surface area contributed by atoms with Gasteiger partial charge in [-0.2, -0.15) is 0 Å². The topological polar surface area (TPSA) is 111 Å². The Kier molecular flexibility index (Phi) is 5.27. The van der Waals surface area contributed by atoms with Crippen LogP contribution in [-0.4, -0.2) is 42.3 Å². The fraction of sp³-hybridized carbons (Fsp3) is 0.316. The number of methoxy groups -OCH3 is 2. The van der Waals surface area contributed by atoms with Gasteiger partial charge in [-0.1, -0.05) is 30.3 Å². The molecule has 1 saturated heterocycles. The number of hydrogen-bond donors (Lipinski definition) is 2. The lowest BCUT2D eigenvalue weighted by molar-refractivity contribution is -0.527. The summed E-state index contributed by atoms with van der Waals surface area (Å²) in [7, 11) is 2.76. The minimum Gasteiger partial charge on any atom is -0.508 e. The molecule has 142 valence electrons. The average Bonchev–Trinajstić information content (AvgIpc) is 3.08. The van der Waals surface area contributed by atoms with Crippen molar-refractivity contribution >= 4 is 5.97 Å². The summed E-state index contributed by atoms with van der Waals surface area (Å²) in [6.45, 7) is 0. The third-order valence-electron chi connectivity index (χ3n) is 4.90. The monoisotopic (exact) mass is 372 g/mol. The highest BCUT2D eigenvalue weighted by atomic mass is 16.6. The third-order valence-corrected chi connectivity index (χ3v) is 4.90. The number of ether oxygens (including phenoxy) is 2. The van der Waals surface area contributed by atoms with Crippen LogP contribution in [0.15, 0.2) is 48.5 Å². The van der Waals surface area contributed by atoms with Crippen molar-refractivity contribution in [2.75, 3.05) is 14.2 Å². The highest BCUT2D eigenvalue weighted by molar-refractivity contribution is 5.78. The number of phenols is 1. The maximum Gasteiger partial charge on any atom is 0.323 e. The van der Waals surface area contributed by atoms with Crippen molar-refractivity contribution in [2.45, 2.75) is 24.0 Å². The fourth-order valence-electron chi connectivity index (χ4n) is 3.63. The van der Waals surface area contributed by atoms with Gasteiger partial charge in [-0.15, -0.1) is 0 Å². The van der Waals surface area contributed by atoms with Crippen molar-refractivity contribution in [2.24, 2.45) is 0 Å². The van der Waals surface area contributed by atoms with Crippen LogP contribution >= 0.6 is 0 Å². The molecular weight excluding hydrogens is 352 g/mol. The number of rotatable bonds is 5. The molecule has 4 atom stereocenters. The molecular formula is C19H20N2O6. The molecule has 27 heavy (non-hydrogen) atoms. The first-order valence-electron chi connectivity index (χ1n) is 8.37. The molecule has 4 unspecified atom stereocenters. The Balaban J connectivity index is 2.09. The number of esters is 1. The molecule has 3 rings (SSSR count). The molecule has 2 aromatic rings. The summed E-state index contributed by atoms with van der Waals surface area (Å²) in [6, 6.07) is 10.2. The van der Waals surface area contributed by atoms with Crippen LogP contribution in [-0.2, 0) is 9.53 Å². The molecule has 0 aromatic heterocycles. The third kappa shape index (κ3) is 3.43. The Morgan fingerprint density at radius 1 is 1.15 bits per heavy atom. The second kappa shape index (κ2) is 7.63. The summed E-state index contributed by atoms with van der Waals surface area (Å²) in [6.07, 6.45) is 0. The molecule has 0 aliphatic carbocycles. The average molecular weight is 372 g/mol. The standard InChI is InChI=1S/C19H20N2O6/c1-26-12-9-7-11(8-10-12)15-17(19(23)27-2)20-16(18(15)21(24)25)13-5-3-4-6-14(13)22/h3-10,15-18,20,22H,1-2H3. The van der Waals surface area contributed by atoms with Gasteiger partial charge >= 0.3 is 5.97 Å². The van der Waals surface area contributed by atoms with E-state index in [2.05, 4.69) is 5.32 Å². The maximum absolute atomic E-state index is 12.4. The number of para-hydroxylation sites is 1. The number of benzene rings is 2. The summed E-state index contributed by atoms with van der Waals surface area (Å²) in [5, 5.41) is 25.1. The van der Waals surface area contributed by atoms with Gasteiger partial charge in [-0.3, -0.25) is 20.2 Å². The van der Waals surface area contributed by atoms with Gasteiger partial charge < -0.3 is 14.6 Å². The molecule has 1 aliphatic heterocycles. The van der Waals surface area contributed by atoms with Gasteiger partial charge in [0.2, 0.25) is 6.04 Å². The van der Waals surface area contributed by atoms with Gasteiger partial charge in [-0.05, 0) is 23.8 Å².